The monoisotopic (exact) mass is 394 g/mol. The van der Waals surface area contributed by atoms with Crippen LogP contribution in [0.2, 0.25) is 10.0 Å². The Kier molecular flexibility index (Phi) is 7.91. The van der Waals surface area contributed by atoms with Crippen molar-refractivity contribution >= 4 is 35.1 Å². The second-order valence-electron chi connectivity index (χ2n) is 5.73. The van der Waals surface area contributed by atoms with E-state index in [1.165, 1.54) is 0 Å². The van der Waals surface area contributed by atoms with Crippen LogP contribution in [0.1, 0.15) is 36.6 Å². The van der Waals surface area contributed by atoms with Crippen molar-refractivity contribution < 1.29 is 14.3 Å². The summed E-state index contributed by atoms with van der Waals surface area (Å²) < 4.78 is 5.15. The van der Waals surface area contributed by atoms with Gasteiger partial charge in [0, 0.05) is 35.0 Å². The number of hydrogen-bond acceptors (Lipinski definition) is 4. The third kappa shape index (κ3) is 7.04. The summed E-state index contributed by atoms with van der Waals surface area (Å²) in [6.45, 7) is 0.392. The van der Waals surface area contributed by atoms with Gasteiger partial charge in [0.1, 0.15) is 0 Å². The average molecular weight is 395 g/mol. The van der Waals surface area contributed by atoms with Crippen LogP contribution in [0, 0.1) is 0 Å². The van der Waals surface area contributed by atoms with Crippen molar-refractivity contribution in [3.8, 4) is 0 Å². The fourth-order valence-corrected chi connectivity index (χ4v) is 2.69. The molecule has 1 unspecified atom stereocenters. The quantitative estimate of drug-likeness (QED) is 0.523. The van der Waals surface area contributed by atoms with Crippen LogP contribution in [-0.2, 0) is 20.9 Å². The Morgan fingerprint density at radius 1 is 1.04 bits per heavy atom. The summed E-state index contributed by atoms with van der Waals surface area (Å²) in [5.74, 6) is -0.600. The third-order valence-corrected chi connectivity index (χ3v) is 4.07. The molecule has 1 amide bonds. The molecule has 26 heavy (non-hydrogen) atoms. The minimum absolute atomic E-state index is 0.110. The number of ether oxygens (including phenoxy) is 1. The summed E-state index contributed by atoms with van der Waals surface area (Å²) in [7, 11) is 0. The Hall–Kier alpha value is -2.08. The molecule has 0 bridgehead atoms. The summed E-state index contributed by atoms with van der Waals surface area (Å²) in [5.41, 5.74) is 7.36. The van der Waals surface area contributed by atoms with E-state index in [1.807, 2.05) is 12.1 Å². The van der Waals surface area contributed by atoms with Gasteiger partial charge in [-0.1, -0.05) is 47.5 Å². The van der Waals surface area contributed by atoms with Crippen LogP contribution in [0.25, 0.3) is 0 Å². The molecule has 2 rings (SSSR count). The lowest BCUT2D eigenvalue weighted by Gasteiger charge is -2.13. The number of halogens is 2. The molecule has 0 saturated carbocycles. The largest absolute Gasteiger partial charge is 0.442 e. The van der Waals surface area contributed by atoms with Gasteiger partial charge in [-0.2, -0.15) is 0 Å². The fraction of sp³-hybridized carbons (Fsp3) is 0.263. The molecule has 0 aliphatic heterocycles. The lowest BCUT2D eigenvalue weighted by atomic mass is 10.2. The first-order chi connectivity index (χ1) is 12.4. The molecule has 0 aliphatic rings. The Morgan fingerprint density at radius 3 is 2.42 bits per heavy atom. The van der Waals surface area contributed by atoms with Crippen LogP contribution < -0.4 is 11.1 Å². The number of benzene rings is 2. The Balaban J connectivity index is 1.66. The maximum absolute atomic E-state index is 11.8. The fourth-order valence-electron chi connectivity index (χ4n) is 2.28. The standard InChI is InChI=1S/C19H20Cl2N2O3/c20-15-6-1-4-13(10-15)12-23-17(24)8-3-9-18(25)26-19(22)14-5-2-7-16(21)11-14/h1-2,4-7,10-11,19H,3,8-9,12,22H2,(H,23,24). The molecule has 0 aromatic heterocycles. The van der Waals surface area contributed by atoms with Gasteiger partial charge in [0.15, 0.2) is 6.23 Å². The van der Waals surface area contributed by atoms with Gasteiger partial charge in [-0.3, -0.25) is 15.3 Å². The van der Waals surface area contributed by atoms with Gasteiger partial charge in [0.2, 0.25) is 5.91 Å². The van der Waals surface area contributed by atoms with E-state index in [9.17, 15) is 9.59 Å². The third-order valence-electron chi connectivity index (χ3n) is 3.60. The zero-order valence-electron chi connectivity index (χ0n) is 14.1. The summed E-state index contributed by atoms with van der Waals surface area (Å²) >= 11 is 11.8. The van der Waals surface area contributed by atoms with Gasteiger partial charge in [-0.05, 0) is 36.2 Å². The lowest BCUT2D eigenvalue weighted by molar-refractivity contribution is -0.149. The molecule has 0 heterocycles. The number of amides is 1. The van der Waals surface area contributed by atoms with Crippen molar-refractivity contribution in [2.75, 3.05) is 0 Å². The smallest absolute Gasteiger partial charge is 0.307 e. The first-order valence-corrected chi connectivity index (χ1v) is 8.91. The van der Waals surface area contributed by atoms with Crippen molar-refractivity contribution in [1.29, 1.82) is 0 Å². The van der Waals surface area contributed by atoms with Crippen LogP contribution in [-0.4, -0.2) is 11.9 Å². The van der Waals surface area contributed by atoms with Crippen LogP contribution in [0.4, 0.5) is 0 Å². The number of rotatable bonds is 8. The Labute approximate surface area is 162 Å². The first-order valence-electron chi connectivity index (χ1n) is 8.15. The van der Waals surface area contributed by atoms with E-state index >= 15 is 0 Å². The number of nitrogens with two attached hydrogens (primary N) is 1. The molecule has 3 N–H and O–H groups in total. The number of carbonyl (C=O) groups is 2. The highest BCUT2D eigenvalue weighted by atomic mass is 35.5. The van der Waals surface area contributed by atoms with Crippen molar-refractivity contribution in [2.45, 2.75) is 32.0 Å². The van der Waals surface area contributed by atoms with E-state index in [1.54, 1.807) is 36.4 Å². The molecule has 0 fully saturated rings. The lowest BCUT2D eigenvalue weighted by Crippen LogP contribution is -2.23. The summed E-state index contributed by atoms with van der Waals surface area (Å²) in [5, 5.41) is 3.92. The van der Waals surface area contributed by atoms with Gasteiger partial charge >= 0.3 is 5.97 Å². The average Bonchev–Trinajstić information content (AvgIpc) is 2.60. The predicted octanol–water partition coefficient (Wildman–Crippen LogP) is 3.98. The van der Waals surface area contributed by atoms with Crippen molar-refractivity contribution in [3.05, 3.63) is 69.7 Å². The minimum atomic E-state index is -0.877. The van der Waals surface area contributed by atoms with E-state index in [4.69, 9.17) is 33.7 Å². The normalized spacial score (nSPS) is 11.7. The highest BCUT2D eigenvalue weighted by Crippen LogP contribution is 2.17. The Bertz CT molecular complexity index is 768. The van der Waals surface area contributed by atoms with E-state index in [2.05, 4.69) is 5.32 Å². The van der Waals surface area contributed by atoms with Gasteiger partial charge in [-0.25, -0.2) is 0 Å². The summed E-state index contributed by atoms with van der Waals surface area (Å²) in [6, 6.07) is 14.1. The zero-order valence-corrected chi connectivity index (χ0v) is 15.6. The molecule has 7 heteroatoms. The van der Waals surface area contributed by atoms with Crippen LogP contribution >= 0.6 is 23.2 Å². The molecule has 138 valence electrons. The maximum atomic E-state index is 11.8. The molecular weight excluding hydrogens is 375 g/mol. The van der Waals surface area contributed by atoms with E-state index in [0.29, 0.717) is 28.6 Å². The predicted molar refractivity (Wildman–Crippen MR) is 102 cm³/mol. The molecule has 0 spiro atoms. The zero-order chi connectivity index (χ0) is 18.9. The summed E-state index contributed by atoms with van der Waals surface area (Å²) in [4.78, 5) is 23.7. The molecular formula is C19H20Cl2N2O3. The van der Waals surface area contributed by atoms with E-state index < -0.39 is 12.2 Å². The highest BCUT2D eigenvalue weighted by molar-refractivity contribution is 6.30. The van der Waals surface area contributed by atoms with Crippen LogP contribution in [0.3, 0.4) is 0 Å². The van der Waals surface area contributed by atoms with Crippen molar-refractivity contribution in [1.82, 2.24) is 5.32 Å². The van der Waals surface area contributed by atoms with Gasteiger partial charge < -0.3 is 10.1 Å². The number of esters is 1. The SMILES string of the molecule is NC(OC(=O)CCCC(=O)NCc1cccc(Cl)c1)c1cccc(Cl)c1. The van der Waals surface area contributed by atoms with Gasteiger partial charge in [-0.15, -0.1) is 0 Å². The van der Waals surface area contributed by atoms with E-state index in [0.717, 1.165) is 5.56 Å². The molecule has 1 atom stereocenters. The number of carbonyl (C=O) groups excluding carboxylic acids is 2. The highest BCUT2D eigenvalue weighted by Gasteiger charge is 2.13. The second-order valence-corrected chi connectivity index (χ2v) is 6.60. The van der Waals surface area contributed by atoms with Crippen molar-refractivity contribution in [2.24, 2.45) is 5.73 Å². The van der Waals surface area contributed by atoms with Crippen LogP contribution in [0.5, 0.6) is 0 Å². The maximum Gasteiger partial charge on any atom is 0.307 e. The molecule has 0 saturated heterocycles. The molecule has 5 nitrogen and oxygen atoms in total. The molecule has 0 radical (unpaired) electrons. The van der Waals surface area contributed by atoms with Gasteiger partial charge in [0.05, 0.1) is 0 Å². The second kappa shape index (κ2) is 10.2. The number of nitrogens with one attached hydrogen (secondary N) is 1. The van der Waals surface area contributed by atoms with E-state index in [-0.39, 0.29) is 18.7 Å². The Morgan fingerprint density at radius 2 is 1.73 bits per heavy atom. The first kappa shape index (κ1) is 20.2. The molecule has 0 aliphatic carbocycles. The van der Waals surface area contributed by atoms with Gasteiger partial charge in [0.25, 0.3) is 0 Å². The molecule has 2 aromatic carbocycles. The molecule has 2 aromatic rings. The summed E-state index contributed by atoms with van der Waals surface area (Å²) in [6.07, 6.45) is -0.165. The topological polar surface area (TPSA) is 81.4 Å². The minimum Gasteiger partial charge on any atom is -0.442 e. The van der Waals surface area contributed by atoms with Crippen molar-refractivity contribution in [3.63, 3.8) is 0 Å². The van der Waals surface area contributed by atoms with Crippen LogP contribution in [0.15, 0.2) is 48.5 Å². The number of hydrogen-bond donors (Lipinski definition) is 2.